The summed E-state index contributed by atoms with van der Waals surface area (Å²) < 4.78 is 0. The Morgan fingerprint density at radius 1 is 1.29 bits per heavy atom. The van der Waals surface area contributed by atoms with E-state index < -0.39 is 12.0 Å². The first-order valence-corrected chi connectivity index (χ1v) is 3.95. The van der Waals surface area contributed by atoms with Crippen LogP contribution in [0.3, 0.4) is 0 Å². The van der Waals surface area contributed by atoms with Gasteiger partial charge in [-0.25, -0.2) is 4.79 Å². The Kier molecular flexibility index (Phi) is 3.06. The Morgan fingerprint density at radius 3 is 2.29 bits per heavy atom. The molecule has 5 heteroatoms. The first kappa shape index (κ1) is 10.0. The number of rotatable bonds is 3. The van der Waals surface area contributed by atoms with Crippen molar-refractivity contribution in [2.75, 3.05) is 5.32 Å². The third kappa shape index (κ3) is 3.14. The van der Waals surface area contributed by atoms with Crippen LogP contribution in [0, 0.1) is 0 Å². The fourth-order valence-corrected chi connectivity index (χ4v) is 1.02. The van der Waals surface area contributed by atoms with Gasteiger partial charge in [0.05, 0.1) is 6.42 Å². The first-order chi connectivity index (χ1) is 6.58. The summed E-state index contributed by atoms with van der Waals surface area (Å²) in [7, 11) is 0. The van der Waals surface area contributed by atoms with Crippen LogP contribution < -0.4 is 11.1 Å². The second-order valence-electron chi connectivity index (χ2n) is 2.76. The number of benzene rings is 1. The highest BCUT2D eigenvalue weighted by Crippen LogP contribution is 2.09. The Labute approximate surface area is 80.5 Å². The molecule has 0 aliphatic heterocycles. The molecule has 0 radical (unpaired) electrons. The van der Waals surface area contributed by atoms with Crippen LogP contribution in [0.2, 0.25) is 0 Å². The minimum atomic E-state index is -0.888. The maximum atomic E-state index is 10.4. The van der Waals surface area contributed by atoms with Gasteiger partial charge in [-0.3, -0.25) is 4.79 Å². The molecule has 0 aliphatic rings. The molecule has 0 fully saturated rings. The second kappa shape index (κ2) is 4.27. The zero-order valence-electron chi connectivity index (χ0n) is 7.36. The predicted molar refractivity (Wildman–Crippen MR) is 51.0 cm³/mol. The summed E-state index contributed by atoms with van der Waals surface area (Å²) in [6, 6.07) is 5.81. The van der Waals surface area contributed by atoms with Crippen molar-refractivity contribution in [3.05, 3.63) is 29.8 Å². The molecule has 0 heterocycles. The van der Waals surface area contributed by atoms with Crippen molar-refractivity contribution >= 4 is 17.7 Å². The van der Waals surface area contributed by atoms with Crippen LogP contribution in [0.25, 0.3) is 0 Å². The van der Waals surface area contributed by atoms with Gasteiger partial charge in [0.15, 0.2) is 0 Å². The third-order valence-electron chi connectivity index (χ3n) is 1.58. The minimum Gasteiger partial charge on any atom is -0.481 e. The van der Waals surface area contributed by atoms with E-state index in [2.05, 4.69) is 5.32 Å². The van der Waals surface area contributed by atoms with E-state index in [4.69, 9.17) is 10.8 Å². The maximum Gasteiger partial charge on any atom is 0.316 e. The molecule has 0 saturated carbocycles. The standard InChI is InChI=1S/C9H10N2O3/c10-9(14)11-7-3-1-6(2-4-7)5-8(12)13/h1-4H,5H2,(H,12,13)(H3,10,11,14). The SMILES string of the molecule is NC(=O)Nc1ccc(CC(=O)O)cc1. The molecule has 5 nitrogen and oxygen atoms in total. The number of carboxylic acids is 1. The Balaban J connectivity index is 2.68. The number of nitrogens with two attached hydrogens (primary N) is 1. The molecule has 74 valence electrons. The molecule has 0 aromatic heterocycles. The number of hydrogen-bond acceptors (Lipinski definition) is 2. The van der Waals surface area contributed by atoms with Crippen LogP contribution in [-0.2, 0) is 11.2 Å². The maximum absolute atomic E-state index is 10.4. The van der Waals surface area contributed by atoms with Gasteiger partial charge in [-0.2, -0.15) is 0 Å². The molecular formula is C9H10N2O3. The lowest BCUT2D eigenvalue weighted by Crippen LogP contribution is -2.19. The van der Waals surface area contributed by atoms with Crippen LogP contribution in [0.5, 0.6) is 0 Å². The molecule has 4 N–H and O–H groups in total. The van der Waals surface area contributed by atoms with Crippen molar-refractivity contribution in [1.29, 1.82) is 0 Å². The van der Waals surface area contributed by atoms with Gasteiger partial charge in [0.25, 0.3) is 0 Å². The van der Waals surface area contributed by atoms with E-state index in [1.54, 1.807) is 24.3 Å². The van der Waals surface area contributed by atoms with Gasteiger partial charge < -0.3 is 16.2 Å². The lowest BCUT2D eigenvalue weighted by molar-refractivity contribution is -0.136. The van der Waals surface area contributed by atoms with E-state index in [9.17, 15) is 9.59 Å². The van der Waals surface area contributed by atoms with E-state index in [0.29, 0.717) is 11.3 Å². The third-order valence-corrected chi connectivity index (χ3v) is 1.58. The summed E-state index contributed by atoms with van der Waals surface area (Å²) in [6.45, 7) is 0. The smallest absolute Gasteiger partial charge is 0.316 e. The average Bonchev–Trinajstić information content (AvgIpc) is 2.06. The highest BCUT2D eigenvalue weighted by molar-refractivity contribution is 5.87. The number of carboxylic acid groups (broad SMARTS) is 1. The van der Waals surface area contributed by atoms with Gasteiger partial charge in [0, 0.05) is 5.69 Å². The lowest BCUT2D eigenvalue weighted by atomic mass is 10.1. The van der Waals surface area contributed by atoms with E-state index in [1.807, 2.05) is 0 Å². The summed E-state index contributed by atoms with van der Waals surface area (Å²) >= 11 is 0. The van der Waals surface area contributed by atoms with E-state index in [0.717, 1.165) is 0 Å². The highest BCUT2D eigenvalue weighted by Gasteiger charge is 2.00. The number of carbonyl (C=O) groups excluding carboxylic acids is 1. The van der Waals surface area contributed by atoms with Crippen LogP contribution in [0.4, 0.5) is 10.5 Å². The molecule has 1 aromatic carbocycles. The molecule has 0 bridgehead atoms. The summed E-state index contributed by atoms with van der Waals surface area (Å²) in [5, 5.41) is 10.9. The quantitative estimate of drug-likeness (QED) is 0.664. The first-order valence-electron chi connectivity index (χ1n) is 3.95. The molecule has 0 spiro atoms. The molecule has 1 aromatic rings. The summed E-state index contributed by atoms with van der Waals surface area (Å²) in [6.07, 6.45) is -0.0309. The summed E-state index contributed by atoms with van der Waals surface area (Å²) in [4.78, 5) is 20.8. The van der Waals surface area contributed by atoms with Gasteiger partial charge in [-0.15, -0.1) is 0 Å². The second-order valence-corrected chi connectivity index (χ2v) is 2.76. The van der Waals surface area contributed by atoms with Crippen LogP contribution in [0.1, 0.15) is 5.56 Å². The number of amides is 2. The van der Waals surface area contributed by atoms with Crippen molar-refractivity contribution in [3.8, 4) is 0 Å². The summed E-state index contributed by atoms with van der Waals surface area (Å²) in [5.41, 5.74) is 6.12. The highest BCUT2D eigenvalue weighted by atomic mass is 16.4. The lowest BCUT2D eigenvalue weighted by Gasteiger charge is -2.02. The molecule has 0 saturated heterocycles. The molecular weight excluding hydrogens is 184 g/mol. The molecule has 14 heavy (non-hydrogen) atoms. The minimum absolute atomic E-state index is 0.0309. The number of nitrogens with one attached hydrogen (secondary N) is 1. The number of carbonyl (C=O) groups is 2. The number of urea groups is 1. The van der Waals surface area contributed by atoms with Crippen LogP contribution in [0.15, 0.2) is 24.3 Å². The number of primary amides is 1. The zero-order valence-corrected chi connectivity index (χ0v) is 7.36. The van der Waals surface area contributed by atoms with Gasteiger partial charge in [0.1, 0.15) is 0 Å². The van der Waals surface area contributed by atoms with Gasteiger partial charge in [-0.05, 0) is 17.7 Å². The summed E-state index contributed by atoms with van der Waals surface area (Å²) in [5.74, 6) is -0.888. The molecule has 0 atom stereocenters. The van der Waals surface area contributed by atoms with E-state index in [-0.39, 0.29) is 6.42 Å². The van der Waals surface area contributed by atoms with E-state index >= 15 is 0 Å². The number of anilines is 1. The predicted octanol–water partition coefficient (Wildman–Crippen LogP) is 0.804. The Bertz CT molecular complexity index is 311. The largest absolute Gasteiger partial charge is 0.481 e. The van der Waals surface area contributed by atoms with Crippen molar-refractivity contribution in [2.24, 2.45) is 5.73 Å². The van der Waals surface area contributed by atoms with Gasteiger partial charge in [-0.1, -0.05) is 12.1 Å². The van der Waals surface area contributed by atoms with Crippen molar-refractivity contribution in [1.82, 2.24) is 0 Å². The number of hydrogen-bond donors (Lipinski definition) is 3. The number of aliphatic carboxylic acids is 1. The average molecular weight is 194 g/mol. The Hall–Kier alpha value is -2.04. The Morgan fingerprint density at radius 2 is 1.86 bits per heavy atom. The molecule has 0 aliphatic carbocycles. The van der Waals surface area contributed by atoms with Crippen molar-refractivity contribution in [3.63, 3.8) is 0 Å². The van der Waals surface area contributed by atoms with E-state index in [1.165, 1.54) is 0 Å². The molecule has 1 rings (SSSR count). The van der Waals surface area contributed by atoms with Gasteiger partial charge >= 0.3 is 12.0 Å². The fraction of sp³-hybridized carbons (Fsp3) is 0.111. The van der Waals surface area contributed by atoms with Gasteiger partial charge in [0.2, 0.25) is 0 Å². The van der Waals surface area contributed by atoms with Crippen molar-refractivity contribution < 1.29 is 14.7 Å². The fourth-order valence-electron chi connectivity index (χ4n) is 1.02. The van der Waals surface area contributed by atoms with Crippen LogP contribution >= 0.6 is 0 Å². The topological polar surface area (TPSA) is 92.4 Å². The monoisotopic (exact) mass is 194 g/mol. The van der Waals surface area contributed by atoms with Crippen LogP contribution in [-0.4, -0.2) is 17.1 Å². The van der Waals surface area contributed by atoms with Crippen molar-refractivity contribution in [2.45, 2.75) is 6.42 Å². The molecule has 0 unspecified atom stereocenters. The molecule has 2 amide bonds. The normalized spacial score (nSPS) is 9.43. The zero-order chi connectivity index (χ0) is 10.6.